The molecule has 0 spiro atoms. The quantitative estimate of drug-likeness (QED) is 0.529. The van der Waals surface area contributed by atoms with Crippen LogP contribution in [0.3, 0.4) is 0 Å². The highest BCUT2D eigenvalue weighted by Gasteiger charge is 2.20. The fourth-order valence-corrected chi connectivity index (χ4v) is 1.06. The zero-order chi connectivity index (χ0) is 9.07. The van der Waals surface area contributed by atoms with Gasteiger partial charge < -0.3 is 14.9 Å². The van der Waals surface area contributed by atoms with Crippen molar-refractivity contribution in [1.82, 2.24) is 0 Å². The van der Waals surface area contributed by atoms with Gasteiger partial charge in [0.05, 0.1) is 12.5 Å². The Morgan fingerprint density at radius 3 is 2.36 bits per heavy atom. The summed E-state index contributed by atoms with van der Waals surface area (Å²) >= 11 is 0. The van der Waals surface area contributed by atoms with Crippen LogP contribution in [-0.4, -0.2) is 27.0 Å². The molecule has 0 saturated carbocycles. The van der Waals surface area contributed by atoms with Gasteiger partial charge in [0.25, 0.3) is 0 Å². The number of rotatable bonds is 4. The lowest BCUT2D eigenvalue weighted by molar-refractivity contribution is -0.138. The SMILES string of the molecule is C[C@H](CC(=O)O)OP(=O)(O)O. The highest BCUT2D eigenvalue weighted by atomic mass is 31.2. The van der Waals surface area contributed by atoms with E-state index >= 15 is 0 Å². The maximum atomic E-state index is 10.1. The first-order chi connectivity index (χ1) is 4.81. The molecule has 0 saturated heterocycles. The van der Waals surface area contributed by atoms with E-state index in [0.717, 1.165) is 0 Å². The highest BCUT2D eigenvalue weighted by Crippen LogP contribution is 2.37. The molecular weight excluding hydrogens is 175 g/mol. The Hall–Kier alpha value is -0.420. The van der Waals surface area contributed by atoms with Crippen LogP contribution in [0, 0.1) is 0 Å². The Balaban J connectivity index is 3.79. The van der Waals surface area contributed by atoms with Gasteiger partial charge in [-0.3, -0.25) is 9.32 Å². The lowest BCUT2D eigenvalue weighted by Crippen LogP contribution is -2.11. The summed E-state index contributed by atoms with van der Waals surface area (Å²) in [6.45, 7) is 1.27. The van der Waals surface area contributed by atoms with Crippen molar-refractivity contribution in [3.63, 3.8) is 0 Å². The van der Waals surface area contributed by atoms with Gasteiger partial charge in [-0.05, 0) is 6.92 Å². The molecule has 0 aliphatic carbocycles. The van der Waals surface area contributed by atoms with Crippen molar-refractivity contribution in [2.24, 2.45) is 0 Å². The molecular formula is C4H9O6P. The van der Waals surface area contributed by atoms with Gasteiger partial charge in [0.2, 0.25) is 0 Å². The average molecular weight is 184 g/mol. The molecule has 0 radical (unpaired) electrons. The third kappa shape index (κ3) is 7.48. The summed E-state index contributed by atoms with van der Waals surface area (Å²) < 4.78 is 14.1. The third-order valence-electron chi connectivity index (χ3n) is 0.779. The summed E-state index contributed by atoms with van der Waals surface area (Å²) in [6.07, 6.45) is -1.40. The molecule has 0 unspecified atom stereocenters. The van der Waals surface area contributed by atoms with Crippen molar-refractivity contribution in [3.05, 3.63) is 0 Å². The first-order valence-electron chi connectivity index (χ1n) is 2.77. The van der Waals surface area contributed by atoms with Crippen molar-refractivity contribution < 1.29 is 28.8 Å². The van der Waals surface area contributed by atoms with Gasteiger partial charge in [-0.15, -0.1) is 0 Å². The van der Waals surface area contributed by atoms with Gasteiger partial charge in [-0.25, -0.2) is 4.57 Å². The number of phosphoric ester groups is 1. The maximum absolute atomic E-state index is 10.1. The molecule has 0 aliphatic heterocycles. The van der Waals surface area contributed by atoms with Crippen LogP contribution < -0.4 is 0 Å². The number of carbonyl (C=O) groups is 1. The van der Waals surface area contributed by atoms with Crippen molar-refractivity contribution >= 4 is 13.8 Å². The van der Waals surface area contributed by atoms with Crippen LogP contribution >= 0.6 is 7.82 Å². The van der Waals surface area contributed by atoms with E-state index in [1.165, 1.54) is 6.92 Å². The summed E-state index contributed by atoms with van der Waals surface area (Å²) in [4.78, 5) is 26.4. The number of phosphoric acid groups is 1. The monoisotopic (exact) mass is 184 g/mol. The van der Waals surface area contributed by atoms with Crippen molar-refractivity contribution in [1.29, 1.82) is 0 Å². The predicted molar refractivity (Wildman–Crippen MR) is 34.8 cm³/mol. The van der Waals surface area contributed by atoms with E-state index in [4.69, 9.17) is 14.9 Å². The second-order valence-corrected chi connectivity index (χ2v) is 3.20. The minimum atomic E-state index is -4.54. The molecule has 11 heavy (non-hydrogen) atoms. The summed E-state index contributed by atoms with van der Waals surface area (Å²) in [5, 5.41) is 8.15. The molecule has 0 aromatic rings. The van der Waals surface area contributed by atoms with E-state index in [2.05, 4.69) is 4.52 Å². The Kier molecular flexibility index (Phi) is 3.68. The van der Waals surface area contributed by atoms with Crippen LogP contribution in [0.2, 0.25) is 0 Å². The van der Waals surface area contributed by atoms with Crippen LogP contribution in [-0.2, 0) is 13.9 Å². The van der Waals surface area contributed by atoms with Crippen LogP contribution in [0.1, 0.15) is 13.3 Å². The van der Waals surface area contributed by atoms with E-state index in [1.54, 1.807) is 0 Å². The molecule has 0 aromatic heterocycles. The highest BCUT2D eigenvalue weighted by molar-refractivity contribution is 7.46. The van der Waals surface area contributed by atoms with E-state index < -0.39 is 26.3 Å². The number of carboxylic acid groups (broad SMARTS) is 1. The van der Waals surface area contributed by atoms with Gasteiger partial charge in [0.15, 0.2) is 0 Å². The average Bonchev–Trinajstić information content (AvgIpc) is 1.53. The Morgan fingerprint density at radius 1 is 1.64 bits per heavy atom. The summed E-state index contributed by atoms with van der Waals surface area (Å²) in [6, 6.07) is 0. The lowest BCUT2D eigenvalue weighted by atomic mass is 10.3. The zero-order valence-electron chi connectivity index (χ0n) is 5.80. The van der Waals surface area contributed by atoms with Gasteiger partial charge in [0.1, 0.15) is 0 Å². The van der Waals surface area contributed by atoms with Crippen molar-refractivity contribution in [3.8, 4) is 0 Å². The molecule has 6 nitrogen and oxygen atoms in total. The van der Waals surface area contributed by atoms with E-state index in [-0.39, 0.29) is 0 Å². The molecule has 0 heterocycles. The number of carboxylic acids is 1. The number of aliphatic carboxylic acids is 1. The predicted octanol–water partition coefficient (Wildman–Crippen LogP) is -0.0411. The van der Waals surface area contributed by atoms with Crippen LogP contribution in [0.25, 0.3) is 0 Å². The van der Waals surface area contributed by atoms with E-state index in [0.29, 0.717) is 0 Å². The normalized spacial score (nSPS) is 14.5. The van der Waals surface area contributed by atoms with Crippen molar-refractivity contribution in [2.45, 2.75) is 19.4 Å². The van der Waals surface area contributed by atoms with Gasteiger partial charge in [-0.2, -0.15) is 0 Å². The molecule has 66 valence electrons. The molecule has 0 fully saturated rings. The van der Waals surface area contributed by atoms with Gasteiger partial charge >= 0.3 is 13.8 Å². The van der Waals surface area contributed by atoms with Gasteiger partial charge in [-0.1, -0.05) is 0 Å². The second kappa shape index (κ2) is 3.82. The first kappa shape index (κ1) is 10.6. The fraction of sp³-hybridized carbons (Fsp3) is 0.750. The summed E-state index contributed by atoms with van der Waals surface area (Å²) in [5.41, 5.74) is 0. The van der Waals surface area contributed by atoms with Crippen LogP contribution in [0.15, 0.2) is 0 Å². The molecule has 7 heteroatoms. The second-order valence-electron chi connectivity index (χ2n) is 2.00. The topological polar surface area (TPSA) is 104 Å². The van der Waals surface area contributed by atoms with Gasteiger partial charge in [0, 0.05) is 0 Å². The molecule has 0 bridgehead atoms. The smallest absolute Gasteiger partial charge is 0.469 e. The zero-order valence-corrected chi connectivity index (χ0v) is 6.69. The minimum Gasteiger partial charge on any atom is -0.481 e. The largest absolute Gasteiger partial charge is 0.481 e. The summed E-state index contributed by atoms with van der Waals surface area (Å²) in [7, 11) is -4.54. The van der Waals surface area contributed by atoms with E-state index in [1.807, 2.05) is 0 Å². The standard InChI is InChI=1S/C4H9O6P/c1-3(2-4(5)6)10-11(7,8)9/h3H,2H2,1H3,(H,5,6)(H2,7,8,9)/t3-/m1/s1. The molecule has 1 atom stereocenters. The lowest BCUT2D eigenvalue weighted by Gasteiger charge is -2.10. The molecule has 3 N–H and O–H groups in total. The molecule has 0 rings (SSSR count). The Morgan fingerprint density at radius 2 is 2.09 bits per heavy atom. The molecule has 0 aliphatic rings. The van der Waals surface area contributed by atoms with Crippen LogP contribution in [0.4, 0.5) is 0 Å². The molecule has 0 aromatic carbocycles. The Bertz CT molecular complexity index is 183. The minimum absolute atomic E-state index is 0.425. The summed E-state index contributed by atoms with van der Waals surface area (Å²) in [5.74, 6) is -1.16. The Labute approximate surface area is 63.0 Å². The van der Waals surface area contributed by atoms with Crippen molar-refractivity contribution in [2.75, 3.05) is 0 Å². The fourth-order valence-electron chi connectivity index (χ4n) is 0.518. The van der Waals surface area contributed by atoms with E-state index in [9.17, 15) is 9.36 Å². The van der Waals surface area contributed by atoms with Crippen LogP contribution in [0.5, 0.6) is 0 Å². The third-order valence-corrected chi connectivity index (χ3v) is 1.41. The number of hydrogen-bond donors (Lipinski definition) is 3. The molecule has 0 amide bonds. The maximum Gasteiger partial charge on any atom is 0.469 e. The first-order valence-corrected chi connectivity index (χ1v) is 4.30. The number of hydrogen-bond acceptors (Lipinski definition) is 3.